The largest absolute Gasteiger partial charge is 0.464 e. The van der Waals surface area contributed by atoms with Crippen LogP contribution in [0.2, 0.25) is 0 Å². The zero-order valence-electron chi connectivity index (χ0n) is 8.18. The van der Waals surface area contributed by atoms with Crippen LogP contribution in [0.15, 0.2) is 10.8 Å². The van der Waals surface area contributed by atoms with Crippen molar-refractivity contribution in [3.8, 4) is 11.4 Å². The predicted molar refractivity (Wildman–Crippen MR) is 59.3 cm³/mol. The molecule has 0 aliphatic carbocycles. The monoisotopic (exact) mass is 240 g/mol. The summed E-state index contributed by atoms with van der Waals surface area (Å²) in [5.41, 5.74) is 1.54. The Balaban J connectivity index is 2.31. The summed E-state index contributed by atoms with van der Waals surface area (Å²) in [7, 11) is 1.34. The summed E-state index contributed by atoms with van der Waals surface area (Å²) < 4.78 is 4.58. The Kier molecular flexibility index (Phi) is 2.79. The first kappa shape index (κ1) is 10.3. The first-order chi connectivity index (χ1) is 7.20. The number of carbonyl (C=O) groups excluding carboxylic acids is 1. The standard InChI is InChI=1S/C9H8N2O2S2/c1-5-10-6(3-14-5)7-4-15-8(11-7)9(12)13-2/h3-4H,1-2H3. The molecule has 0 N–H and O–H groups in total. The van der Waals surface area contributed by atoms with Gasteiger partial charge in [-0.15, -0.1) is 22.7 Å². The van der Waals surface area contributed by atoms with E-state index in [-0.39, 0.29) is 0 Å². The van der Waals surface area contributed by atoms with Crippen LogP contribution < -0.4 is 0 Å². The van der Waals surface area contributed by atoms with Gasteiger partial charge in [-0.05, 0) is 6.92 Å². The minimum atomic E-state index is -0.404. The van der Waals surface area contributed by atoms with Gasteiger partial charge in [0.25, 0.3) is 0 Å². The highest BCUT2D eigenvalue weighted by molar-refractivity contribution is 7.12. The fourth-order valence-electron chi connectivity index (χ4n) is 1.05. The summed E-state index contributed by atoms with van der Waals surface area (Å²) in [5, 5.41) is 5.07. The maximum absolute atomic E-state index is 11.2. The first-order valence-corrected chi connectivity index (χ1v) is 5.93. The fourth-order valence-corrected chi connectivity index (χ4v) is 2.39. The van der Waals surface area contributed by atoms with Crippen molar-refractivity contribution in [3.05, 3.63) is 20.8 Å². The van der Waals surface area contributed by atoms with Gasteiger partial charge in [0, 0.05) is 10.8 Å². The van der Waals surface area contributed by atoms with Gasteiger partial charge in [-0.1, -0.05) is 0 Å². The zero-order chi connectivity index (χ0) is 10.8. The van der Waals surface area contributed by atoms with Crippen molar-refractivity contribution in [1.29, 1.82) is 0 Å². The third-order valence-electron chi connectivity index (χ3n) is 1.75. The molecule has 0 saturated carbocycles. The molecule has 2 aromatic heterocycles. The van der Waals surface area contributed by atoms with E-state index in [4.69, 9.17) is 0 Å². The van der Waals surface area contributed by atoms with Gasteiger partial charge in [0.15, 0.2) is 0 Å². The summed E-state index contributed by atoms with van der Waals surface area (Å²) in [6.45, 7) is 1.93. The van der Waals surface area contributed by atoms with Crippen LogP contribution in [0, 0.1) is 6.92 Å². The number of thiazole rings is 2. The summed E-state index contributed by atoms with van der Waals surface area (Å²) in [6.07, 6.45) is 0. The molecule has 0 aliphatic rings. The molecule has 0 saturated heterocycles. The molecule has 2 aromatic rings. The van der Waals surface area contributed by atoms with Crippen LogP contribution in [0.5, 0.6) is 0 Å². The Hall–Kier alpha value is -1.27. The van der Waals surface area contributed by atoms with Crippen molar-refractivity contribution in [2.45, 2.75) is 6.92 Å². The topological polar surface area (TPSA) is 52.1 Å². The van der Waals surface area contributed by atoms with E-state index in [9.17, 15) is 4.79 Å². The number of carbonyl (C=O) groups is 1. The lowest BCUT2D eigenvalue weighted by Gasteiger charge is -1.90. The lowest BCUT2D eigenvalue weighted by atomic mass is 10.4. The molecule has 0 bridgehead atoms. The number of aromatic nitrogens is 2. The van der Waals surface area contributed by atoms with E-state index < -0.39 is 5.97 Å². The number of ether oxygens (including phenoxy) is 1. The molecule has 0 radical (unpaired) electrons. The fraction of sp³-hybridized carbons (Fsp3) is 0.222. The van der Waals surface area contributed by atoms with Gasteiger partial charge in [0.1, 0.15) is 11.4 Å². The van der Waals surface area contributed by atoms with E-state index in [0.29, 0.717) is 5.01 Å². The number of aryl methyl sites for hydroxylation is 1. The summed E-state index contributed by atoms with van der Waals surface area (Å²) in [4.78, 5) is 19.6. The molecular formula is C9H8N2O2S2. The predicted octanol–water partition coefficient (Wildman–Crippen LogP) is 2.36. The van der Waals surface area contributed by atoms with Crippen LogP contribution in [-0.4, -0.2) is 23.0 Å². The van der Waals surface area contributed by atoms with Gasteiger partial charge < -0.3 is 4.74 Å². The molecule has 0 fully saturated rings. The zero-order valence-corrected chi connectivity index (χ0v) is 9.82. The first-order valence-electron chi connectivity index (χ1n) is 4.17. The van der Waals surface area contributed by atoms with Gasteiger partial charge in [0.2, 0.25) is 5.01 Å². The molecule has 78 valence electrons. The minimum absolute atomic E-state index is 0.359. The summed E-state index contributed by atoms with van der Waals surface area (Å²) >= 11 is 2.83. The lowest BCUT2D eigenvalue weighted by molar-refractivity contribution is 0.0600. The Labute approximate surface area is 94.6 Å². The van der Waals surface area contributed by atoms with Crippen LogP contribution in [0.4, 0.5) is 0 Å². The normalized spacial score (nSPS) is 10.3. The summed E-state index contributed by atoms with van der Waals surface area (Å²) in [6, 6.07) is 0. The average molecular weight is 240 g/mol. The van der Waals surface area contributed by atoms with Crippen LogP contribution >= 0.6 is 22.7 Å². The number of methoxy groups -OCH3 is 1. The van der Waals surface area contributed by atoms with E-state index >= 15 is 0 Å². The van der Waals surface area contributed by atoms with Gasteiger partial charge >= 0.3 is 5.97 Å². The number of hydrogen-bond donors (Lipinski definition) is 0. The number of rotatable bonds is 2. The molecule has 0 unspecified atom stereocenters. The maximum atomic E-state index is 11.2. The van der Waals surface area contributed by atoms with E-state index in [0.717, 1.165) is 16.4 Å². The molecule has 4 nitrogen and oxygen atoms in total. The molecule has 6 heteroatoms. The van der Waals surface area contributed by atoms with Crippen LogP contribution in [0.25, 0.3) is 11.4 Å². The van der Waals surface area contributed by atoms with Crippen molar-refractivity contribution in [2.75, 3.05) is 7.11 Å². The van der Waals surface area contributed by atoms with Crippen LogP contribution in [0.3, 0.4) is 0 Å². The smallest absolute Gasteiger partial charge is 0.367 e. The van der Waals surface area contributed by atoms with Gasteiger partial charge in [-0.2, -0.15) is 0 Å². The molecule has 0 atom stereocenters. The highest BCUT2D eigenvalue weighted by Crippen LogP contribution is 2.23. The quantitative estimate of drug-likeness (QED) is 0.756. The molecule has 0 amide bonds. The van der Waals surface area contributed by atoms with E-state index in [1.807, 2.05) is 12.3 Å². The minimum Gasteiger partial charge on any atom is -0.464 e. The summed E-state index contributed by atoms with van der Waals surface area (Å²) in [5.74, 6) is -0.404. The molecule has 0 aromatic carbocycles. The second kappa shape index (κ2) is 4.08. The Morgan fingerprint density at radius 2 is 1.93 bits per heavy atom. The number of esters is 1. The number of hydrogen-bond acceptors (Lipinski definition) is 6. The van der Waals surface area contributed by atoms with Crippen molar-refractivity contribution in [2.24, 2.45) is 0 Å². The van der Waals surface area contributed by atoms with E-state index in [1.54, 1.807) is 16.7 Å². The highest BCUT2D eigenvalue weighted by Gasteiger charge is 2.13. The second-order valence-corrected chi connectivity index (χ2v) is 4.70. The third-order valence-corrected chi connectivity index (χ3v) is 3.34. The van der Waals surface area contributed by atoms with Gasteiger partial charge in [-0.3, -0.25) is 0 Å². The van der Waals surface area contributed by atoms with Gasteiger partial charge in [0.05, 0.1) is 12.1 Å². The highest BCUT2D eigenvalue weighted by atomic mass is 32.1. The maximum Gasteiger partial charge on any atom is 0.367 e. The third kappa shape index (κ3) is 2.05. The molecule has 2 heterocycles. The molecule has 0 aliphatic heterocycles. The van der Waals surface area contributed by atoms with Crippen LogP contribution in [0.1, 0.15) is 14.8 Å². The van der Waals surface area contributed by atoms with Crippen LogP contribution in [-0.2, 0) is 4.74 Å². The van der Waals surface area contributed by atoms with Gasteiger partial charge in [-0.25, -0.2) is 14.8 Å². The van der Waals surface area contributed by atoms with E-state index in [1.165, 1.54) is 18.4 Å². The Morgan fingerprint density at radius 3 is 2.53 bits per heavy atom. The number of nitrogens with zero attached hydrogens (tertiary/aromatic N) is 2. The van der Waals surface area contributed by atoms with Crippen molar-refractivity contribution in [3.63, 3.8) is 0 Å². The molecule has 0 spiro atoms. The molecule has 2 rings (SSSR count). The molecular weight excluding hydrogens is 232 g/mol. The van der Waals surface area contributed by atoms with Crippen molar-refractivity contribution in [1.82, 2.24) is 9.97 Å². The van der Waals surface area contributed by atoms with Crippen molar-refractivity contribution >= 4 is 28.6 Å². The Bertz CT molecular complexity index is 490. The average Bonchev–Trinajstić information content (AvgIpc) is 2.84. The Morgan fingerprint density at radius 1 is 1.27 bits per heavy atom. The van der Waals surface area contributed by atoms with Crippen molar-refractivity contribution < 1.29 is 9.53 Å². The second-order valence-electron chi connectivity index (χ2n) is 2.78. The van der Waals surface area contributed by atoms with E-state index in [2.05, 4.69) is 14.7 Å². The lowest BCUT2D eigenvalue weighted by Crippen LogP contribution is -1.99. The SMILES string of the molecule is COC(=O)c1nc(-c2csc(C)n2)cs1. The molecule has 15 heavy (non-hydrogen) atoms.